The highest BCUT2D eigenvalue weighted by molar-refractivity contribution is 5.76. The van der Waals surface area contributed by atoms with Crippen molar-refractivity contribution in [2.45, 2.75) is 25.8 Å². The van der Waals surface area contributed by atoms with Crippen LogP contribution >= 0.6 is 0 Å². The van der Waals surface area contributed by atoms with Gasteiger partial charge in [-0.3, -0.25) is 0 Å². The first kappa shape index (κ1) is 8.16. The van der Waals surface area contributed by atoms with E-state index in [4.69, 9.17) is 0 Å². The fourth-order valence-electron chi connectivity index (χ4n) is 2.71. The third-order valence-electron chi connectivity index (χ3n) is 3.45. The fourth-order valence-corrected chi connectivity index (χ4v) is 2.71. The first-order valence-electron chi connectivity index (χ1n) is 5.46. The molecule has 1 unspecified atom stereocenters. The molecule has 2 heterocycles. The average molecular weight is 188 g/mol. The van der Waals surface area contributed by atoms with Gasteiger partial charge in [0, 0.05) is 19.1 Å². The number of anilines is 2. The molecule has 0 bridgehead atoms. The van der Waals surface area contributed by atoms with E-state index in [9.17, 15) is 0 Å². The lowest BCUT2D eigenvalue weighted by Gasteiger charge is -2.35. The summed E-state index contributed by atoms with van der Waals surface area (Å²) in [6.45, 7) is 4.54. The molecular weight excluding hydrogens is 172 g/mol. The van der Waals surface area contributed by atoms with Crippen LogP contribution in [0.2, 0.25) is 0 Å². The van der Waals surface area contributed by atoms with E-state index in [-0.39, 0.29) is 0 Å². The Balaban J connectivity index is 2.09. The second kappa shape index (κ2) is 2.91. The smallest absolute Gasteiger partial charge is 0.0608 e. The van der Waals surface area contributed by atoms with Gasteiger partial charge in [-0.1, -0.05) is 12.1 Å². The topological polar surface area (TPSA) is 15.3 Å². The van der Waals surface area contributed by atoms with E-state index >= 15 is 0 Å². The molecule has 74 valence electrons. The molecule has 14 heavy (non-hydrogen) atoms. The molecule has 1 fully saturated rings. The Morgan fingerprint density at radius 2 is 2.36 bits per heavy atom. The lowest BCUT2D eigenvalue weighted by atomic mass is 10.1. The molecule has 0 saturated carbocycles. The van der Waals surface area contributed by atoms with Gasteiger partial charge in [-0.05, 0) is 31.4 Å². The van der Waals surface area contributed by atoms with Gasteiger partial charge in [-0.15, -0.1) is 0 Å². The predicted octanol–water partition coefficient (Wildman–Crippen LogP) is 2.39. The molecule has 2 heteroatoms. The zero-order valence-electron chi connectivity index (χ0n) is 8.59. The molecule has 1 aromatic rings. The second-order valence-electron chi connectivity index (χ2n) is 4.34. The van der Waals surface area contributed by atoms with Gasteiger partial charge >= 0.3 is 0 Å². The molecule has 2 aliphatic rings. The number of rotatable bonds is 0. The molecule has 0 spiro atoms. The standard InChI is InChI=1S/C12H16N2/c1-9-4-2-6-11-12(9)13-8-10-5-3-7-14(10)11/h2,4,6,10,13H,3,5,7-8H2,1H3. The SMILES string of the molecule is Cc1cccc2c1NCC1CCCN21. The van der Waals surface area contributed by atoms with Crippen LogP contribution in [-0.2, 0) is 0 Å². The van der Waals surface area contributed by atoms with Crippen molar-refractivity contribution in [1.29, 1.82) is 0 Å². The third-order valence-corrected chi connectivity index (χ3v) is 3.45. The summed E-state index contributed by atoms with van der Waals surface area (Å²) in [5.41, 5.74) is 4.14. The Morgan fingerprint density at radius 3 is 3.29 bits per heavy atom. The van der Waals surface area contributed by atoms with Crippen LogP contribution in [-0.4, -0.2) is 19.1 Å². The van der Waals surface area contributed by atoms with Crippen molar-refractivity contribution in [1.82, 2.24) is 0 Å². The van der Waals surface area contributed by atoms with Crippen molar-refractivity contribution in [3.8, 4) is 0 Å². The highest BCUT2D eigenvalue weighted by atomic mass is 15.2. The molecule has 1 saturated heterocycles. The van der Waals surface area contributed by atoms with E-state index in [0.717, 1.165) is 12.6 Å². The van der Waals surface area contributed by atoms with Crippen LogP contribution in [0.5, 0.6) is 0 Å². The molecule has 1 aromatic carbocycles. The highest BCUT2D eigenvalue weighted by Gasteiger charge is 2.30. The second-order valence-corrected chi connectivity index (χ2v) is 4.34. The monoisotopic (exact) mass is 188 g/mol. The van der Waals surface area contributed by atoms with Gasteiger partial charge in [-0.25, -0.2) is 0 Å². The Morgan fingerprint density at radius 1 is 1.43 bits per heavy atom. The summed E-state index contributed by atoms with van der Waals surface area (Å²) in [6.07, 6.45) is 2.69. The molecule has 3 rings (SSSR count). The number of aryl methyl sites for hydroxylation is 1. The van der Waals surface area contributed by atoms with Gasteiger partial charge in [0.2, 0.25) is 0 Å². The van der Waals surface area contributed by atoms with Crippen LogP contribution in [0, 0.1) is 6.92 Å². The van der Waals surface area contributed by atoms with Crippen molar-refractivity contribution in [3.05, 3.63) is 23.8 Å². The van der Waals surface area contributed by atoms with E-state index in [0.29, 0.717) is 0 Å². The molecular formula is C12H16N2. The van der Waals surface area contributed by atoms with Crippen molar-refractivity contribution in [3.63, 3.8) is 0 Å². The van der Waals surface area contributed by atoms with E-state index in [1.807, 2.05) is 0 Å². The van der Waals surface area contributed by atoms with Gasteiger partial charge in [0.05, 0.1) is 11.4 Å². The zero-order valence-corrected chi connectivity index (χ0v) is 8.59. The van der Waals surface area contributed by atoms with Crippen LogP contribution in [0.3, 0.4) is 0 Å². The lowest BCUT2D eigenvalue weighted by Crippen LogP contribution is -2.39. The summed E-state index contributed by atoms with van der Waals surface area (Å²) in [6, 6.07) is 7.33. The maximum Gasteiger partial charge on any atom is 0.0608 e. The van der Waals surface area contributed by atoms with Gasteiger partial charge in [0.15, 0.2) is 0 Å². The summed E-state index contributed by atoms with van der Waals surface area (Å²) in [5.74, 6) is 0. The van der Waals surface area contributed by atoms with Crippen LogP contribution < -0.4 is 10.2 Å². The van der Waals surface area contributed by atoms with E-state index in [1.54, 1.807) is 0 Å². The summed E-state index contributed by atoms with van der Waals surface area (Å²) < 4.78 is 0. The minimum atomic E-state index is 0.740. The minimum absolute atomic E-state index is 0.740. The number of para-hydroxylation sites is 1. The van der Waals surface area contributed by atoms with Gasteiger partial charge < -0.3 is 10.2 Å². The number of hydrogen-bond donors (Lipinski definition) is 1. The minimum Gasteiger partial charge on any atom is -0.381 e. The molecule has 2 nitrogen and oxygen atoms in total. The molecule has 0 aliphatic carbocycles. The Labute approximate surface area is 84.9 Å². The number of benzene rings is 1. The quantitative estimate of drug-likeness (QED) is 0.672. The van der Waals surface area contributed by atoms with Crippen LogP contribution in [0.4, 0.5) is 11.4 Å². The van der Waals surface area contributed by atoms with E-state index < -0.39 is 0 Å². The molecule has 0 aromatic heterocycles. The molecule has 2 aliphatic heterocycles. The van der Waals surface area contributed by atoms with E-state index in [1.165, 1.54) is 36.3 Å². The number of hydrogen-bond acceptors (Lipinski definition) is 2. The predicted molar refractivity (Wildman–Crippen MR) is 60.0 cm³/mol. The summed E-state index contributed by atoms with van der Waals surface area (Å²) in [5, 5.41) is 3.56. The van der Waals surface area contributed by atoms with E-state index in [2.05, 4.69) is 35.3 Å². The van der Waals surface area contributed by atoms with Crippen molar-refractivity contribution >= 4 is 11.4 Å². The molecule has 1 N–H and O–H groups in total. The fraction of sp³-hybridized carbons (Fsp3) is 0.500. The number of nitrogens with zero attached hydrogens (tertiary/aromatic N) is 1. The average Bonchev–Trinajstić information content (AvgIpc) is 2.66. The van der Waals surface area contributed by atoms with Crippen molar-refractivity contribution < 1.29 is 0 Å². The summed E-state index contributed by atoms with van der Waals surface area (Å²) in [7, 11) is 0. The normalized spacial score (nSPS) is 24.1. The number of nitrogens with one attached hydrogen (secondary N) is 1. The van der Waals surface area contributed by atoms with Gasteiger partial charge in [-0.2, -0.15) is 0 Å². The highest BCUT2D eigenvalue weighted by Crippen LogP contribution is 2.37. The van der Waals surface area contributed by atoms with Crippen molar-refractivity contribution in [2.24, 2.45) is 0 Å². The van der Waals surface area contributed by atoms with Gasteiger partial charge in [0.25, 0.3) is 0 Å². The maximum absolute atomic E-state index is 3.56. The summed E-state index contributed by atoms with van der Waals surface area (Å²) >= 11 is 0. The Bertz CT molecular complexity index is 359. The van der Waals surface area contributed by atoms with Gasteiger partial charge in [0.1, 0.15) is 0 Å². The number of fused-ring (bicyclic) bond motifs is 3. The molecule has 0 radical (unpaired) electrons. The van der Waals surface area contributed by atoms with Crippen LogP contribution in [0.1, 0.15) is 18.4 Å². The zero-order chi connectivity index (χ0) is 9.54. The Hall–Kier alpha value is -1.18. The first-order chi connectivity index (χ1) is 6.86. The van der Waals surface area contributed by atoms with Crippen LogP contribution in [0.25, 0.3) is 0 Å². The third kappa shape index (κ3) is 1.03. The summed E-state index contributed by atoms with van der Waals surface area (Å²) in [4.78, 5) is 2.57. The maximum atomic E-state index is 3.56. The largest absolute Gasteiger partial charge is 0.381 e. The Kier molecular flexibility index (Phi) is 1.69. The van der Waals surface area contributed by atoms with Crippen molar-refractivity contribution in [2.75, 3.05) is 23.3 Å². The molecule has 1 atom stereocenters. The first-order valence-corrected chi connectivity index (χ1v) is 5.46. The molecule has 0 amide bonds. The van der Waals surface area contributed by atoms with Crippen LogP contribution in [0.15, 0.2) is 18.2 Å². The lowest BCUT2D eigenvalue weighted by molar-refractivity contribution is 0.682.